The van der Waals surface area contributed by atoms with Crippen molar-refractivity contribution in [2.24, 2.45) is 0 Å². The van der Waals surface area contributed by atoms with Gasteiger partial charge in [-0.25, -0.2) is 18.4 Å². The zero-order chi connectivity index (χ0) is 16.4. The quantitative estimate of drug-likeness (QED) is 0.758. The summed E-state index contributed by atoms with van der Waals surface area (Å²) in [6.07, 6.45) is 3.03. The van der Waals surface area contributed by atoms with E-state index in [9.17, 15) is 8.42 Å². The SMILES string of the molecule is N#Cc1nccnc1OC1CCN(S(=O)(=O)c2ccc(Br)s2)C1. The van der Waals surface area contributed by atoms with Crippen LogP contribution in [0.25, 0.3) is 0 Å². The van der Waals surface area contributed by atoms with Gasteiger partial charge in [0.25, 0.3) is 15.9 Å². The van der Waals surface area contributed by atoms with Crippen LogP contribution in [0.2, 0.25) is 0 Å². The zero-order valence-electron chi connectivity index (χ0n) is 11.7. The molecule has 120 valence electrons. The molecule has 0 aliphatic carbocycles. The number of halogens is 1. The molecule has 0 bridgehead atoms. The fourth-order valence-electron chi connectivity index (χ4n) is 2.22. The molecule has 2 aromatic rings. The van der Waals surface area contributed by atoms with Crippen LogP contribution in [-0.4, -0.2) is 41.9 Å². The Bertz CT molecular complexity index is 862. The Morgan fingerprint density at radius 3 is 2.87 bits per heavy atom. The van der Waals surface area contributed by atoms with Crippen LogP contribution in [0.15, 0.2) is 32.5 Å². The molecule has 1 atom stereocenters. The van der Waals surface area contributed by atoms with Crippen LogP contribution in [-0.2, 0) is 10.0 Å². The van der Waals surface area contributed by atoms with E-state index in [1.54, 1.807) is 12.1 Å². The second-order valence-corrected chi connectivity index (χ2v) is 9.40. The van der Waals surface area contributed by atoms with Gasteiger partial charge in [0.05, 0.1) is 10.3 Å². The third-order valence-electron chi connectivity index (χ3n) is 3.30. The molecule has 3 rings (SSSR count). The molecule has 3 heterocycles. The highest BCUT2D eigenvalue weighted by molar-refractivity contribution is 9.11. The van der Waals surface area contributed by atoms with Crippen LogP contribution in [0.5, 0.6) is 5.88 Å². The van der Waals surface area contributed by atoms with Crippen molar-refractivity contribution in [1.82, 2.24) is 14.3 Å². The second kappa shape index (κ2) is 6.52. The molecule has 10 heteroatoms. The molecule has 1 unspecified atom stereocenters. The number of aromatic nitrogens is 2. The van der Waals surface area contributed by atoms with Gasteiger partial charge in [-0.3, -0.25) is 0 Å². The van der Waals surface area contributed by atoms with Crippen molar-refractivity contribution in [3.8, 4) is 11.9 Å². The van der Waals surface area contributed by atoms with E-state index in [1.807, 2.05) is 6.07 Å². The van der Waals surface area contributed by atoms with E-state index in [0.717, 1.165) is 3.79 Å². The van der Waals surface area contributed by atoms with E-state index < -0.39 is 10.0 Å². The normalized spacial score (nSPS) is 18.7. The number of hydrogen-bond acceptors (Lipinski definition) is 7. The highest BCUT2D eigenvalue weighted by atomic mass is 79.9. The summed E-state index contributed by atoms with van der Waals surface area (Å²) in [5.41, 5.74) is 0.0935. The molecule has 1 saturated heterocycles. The number of hydrogen-bond donors (Lipinski definition) is 0. The van der Waals surface area contributed by atoms with Crippen LogP contribution in [0, 0.1) is 11.3 Å². The average Bonchev–Trinajstić information content (AvgIpc) is 3.17. The average molecular weight is 415 g/mol. The van der Waals surface area contributed by atoms with E-state index in [-0.39, 0.29) is 24.2 Å². The summed E-state index contributed by atoms with van der Waals surface area (Å²) in [5, 5.41) is 8.98. The van der Waals surface area contributed by atoms with E-state index >= 15 is 0 Å². The maximum absolute atomic E-state index is 12.5. The number of nitrogens with zero attached hydrogens (tertiary/aromatic N) is 4. The highest BCUT2D eigenvalue weighted by Crippen LogP contribution is 2.30. The molecule has 0 spiro atoms. The molecular formula is C13H11BrN4O3S2. The van der Waals surface area contributed by atoms with Crippen LogP contribution < -0.4 is 4.74 Å². The lowest BCUT2D eigenvalue weighted by atomic mass is 10.3. The third-order valence-corrected chi connectivity index (χ3v) is 7.26. The molecule has 2 aromatic heterocycles. The van der Waals surface area contributed by atoms with Crippen LogP contribution in [0.1, 0.15) is 12.1 Å². The van der Waals surface area contributed by atoms with Crippen molar-refractivity contribution in [3.63, 3.8) is 0 Å². The minimum atomic E-state index is -3.52. The van der Waals surface area contributed by atoms with Gasteiger partial charge in [-0.05, 0) is 34.5 Å². The van der Waals surface area contributed by atoms with Crippen LogP contribution >= 0.6 is 27.3 Å². The molecule has 0 radical (unpaired) electrons. The molecular weight excluding hydrogens is 404 g/mol. The third kappa shape index (κ3) is 3.37. The Morgan fingerprint density at radius 2 is 2.17 bits per heavy atom. The van der Waals surface area contributed by atoms with Gasteiger partial charge in [-0.2, -0.15) is 9.57 Å². The first-order chi connectivity index (χ1) is 11.0. The largest absolute Gasteiger partial charge is 0.471 e. The molecule has 1 aliphatic heterocycles. The van der Waals surface area contributed by atoms with Gasteiger partial charge >= 0.3 is 0 Å². The minimum absolute atomic E-state index is 0.0935. The first-order valence-corrected chi connectivity index (χ1v) is 9.69. The van der Waals surface area contributed by atoms with E-state index in [1.165, 1.54) is 28.0 Å². The van der Waals surface area contributed by atoms with Crippen molar-refractivity contribution in [3.05, 3.63) is 34.0 Å². The van der Waals surface area contributed by atoms with E-state index in [4.69, 9.17) is 10.00 Å². The van der Waals surface area contributed by atoms with E-state index in [2.05, 4.69) is 25.9 Å². The van der Waals surface area contributed by atoms with Gasteiger partial charge in [0, 0.05) is 18.9 Å². The van der Waals surface area contributed by atoms with Crippen molar-refractivity contribution in [2.75, 3.05) is 13.1 Å². The van der Waals surface area contributed by atoms with Crippen molar-refractivity contribution in [1.29, 1.82) is 5.26 Å². The molecule has 23 heavy (non-hydrogen) atoms. The fourth-order valence-corrected chi connectivity index (χ4v) is 5.87. The van der Waals surface area contributed by atoms with Crippen LogP contribution in [0.3, 0.4) is 0 Å². The Morgan fingerprint density at radius 1 is 1.39 bits per heavy atom. The van der Waals surface area contributed by atoms with Gasteiger partial charge in [-0.15, -0.1) is 11.3 Å². The summed E-state index contributed by atoms with van der Waals surface area (Å²) in [7, 11) is -3.52. The predicted molar refractivity (Wildman–Crippen MR) is 86.6 cm³/mol. The van der Waals surface area contributed by atoms with Crippen molar-refractivity contribution < 1.29 is 13.2 Å². The topological polar surface area (TPSA) is 96.2 Å². The lowest BCUT2D eigenvalue weighted by molar-refractivity contribution is 0.205. The Labute approximate surface area is 145 Å². The number of thiophene rings is 1. The molecule has 1 aliphatic rings. The summed E-state index contributed by atoms with van der Waals surface area (Å²) in [6, 6.07) is 5.19. The van der Waals surface area contributed by atoms with Gasteiger partial charge in [0.1, 0.15) is 16.4 Å². The highest BCUT2D eigenvalue weighted by Gasteiger charge is 2.35. The fraction of sp³-hybridized carbons (Fsp3) is 0.308. The molecule has 1 fully saturated rings. The van der Waals surface area contributed by atoms with E-state index in [0.29, 0.717) is 17.2 Å². The zero-order valence-corrected chi connectivity index (χ0v) is 14.9. The first kappa shape index (κ1) is 16.3. The summed E-state index contributed by atoms with van der Waals surface area (Å²) in [4.78, 5) is 7.86. The summed E-state index contributed by atoms with van der Waals surface area (Å²) in [6.45, 7) is 0.587. The number of sulfonamides is 1. The Balaban J connectivity index is 1.73. The molecule has 0 amide bonds. The Kier molecular flexibility index (Phi) is 4.63. The standard InChI is InChI=1S/C13H11BrN4O3S2/c14-11-1-2-12(22-11)23(19,20)18-6-3-9(8-18)21-13-10(7-15)16-4-5-17-13/h1-2,4-5,9H,3,6,8H2. The van der Waals surface area contributed by atoms with Gasteiger partial charge < -0.3 is 4.74 Å². The molecule has 7 nitrogen and oxygen atoms in total. The van der Waals surface area contributed by atoms with Gasteiger partial charge in [0.2, 0.25) is 5.69 Å². The number of nitriles is 1. The lowest BCUT2D eigenvalue weighted by Crippen LogP contribution is -2.30. The van der Waals surface area contributed by atoms with Crippen molar-refractivity contribution in [2.45, 2.75) is 16.7 Å². The molecule has 0 N–H and O–H groups in total. The van der Waals surface area contributed by atoms with Gasteiger partial charge in [-0.1, -0.05) is 0 Å². The summed E-state index contributed by atoms with van der Waals surface area (Å²) in [5.74, 6) is 0.137. The molecule has 0 saturated carbocycles. The Hall–Kier alpha value is -1.54. The summed E-state index contributed by atoms with van der Waals surface area (Å²) < 4.78 is 33.2. The maximum atomic E-state index is 12.5. The minimum Gasteiger partial charge on any atom is -0.471 e. The van der Waals surface area contributed by atoms with Crippen molar-refractivity contribution >= 4 is 37.3 Å². The monoisotopic (exact) mass is 414 g/mol. The summed E-state index contributed by atoms with van der Waals surface area (Å²) >= 11 is 4.44. The van der Waals surface area contributed by atoms with Crippen LogP contribution in [0.4, 0.5) is 0 Å². The molecule has 0 aromatic carbocycles. The van der Waals surface area contributed by atoms with Gasteiger partial charge in [0.15, 0.2) is 0 Å². The second-order valence-electron chi connectivity index (χ2n) is 4.77. The predicted octanol–water partition coefficient (Wildman–Crippen LogP) is 2.01. The smallest absolute Gasteiger partial charge is 0.252 e. The lowest BCUT2D eigenvalue weighted by Gasteiger charge is -2.16. The maximum Gasteiger partial charge on any atom is 0.252 e. The number of rotatable bonds is 4. The first-order valence-electron chi connectivity index (χ1n) is 6.64. The number of ether oxygens (including phenoxy) is 1.